The maximum atomic E-state index is 13.4. The van der Waals surface area contributed by atoms with E-state index in [0.717, 1.165) is 11.1 Å². The SMILES string of the molecule is CC(=O)N1CCN(S(=O)(=O)c2ccc(C(C)C)cc2)[C@@H](C(=O)NCCc2cccc(Cl)c2)C1. The van der Waals surface area contributed by atoms with Gasteiger partial charge in [-0.3, -0.25) is 9.59 Å². The molecule has 2 aromatic carbocycles. The zero-order valence-electron chi connectivity index (χ0n) is 19.1. The molecule has 9 heteroatoms. The average molecular weight is 492 g/mol. The number of halogens is 1. The van der Waals surface area contributed by atoms with E-state index in [0.29, 0.717) is 18.0 Å². The molecule has 33 heavy (non-hydrogen) atoms. The van der Waals surface area contributed by atoms with Gasteiger partial charge in [-0.25, -0.2) is 8.42 Å². The zero-order valence-corrected chi connectivity index (χ0v) is 20.7. The van der Waals surface area contributed by atoms with Crippen molar-refractivity contribution in [3.63, 3.8) is 0 Å². The molecule has 0 radical (unpaired) electrons. The molecule has 2 amide bonds. The Labute approximate surface area is 200 Å². The molecule has 1 atom stereocenters. The van der Waals surface area contributed by atoms with Crippen LogP contribution in [0.25, 0.3) is 0 Å². The highest BCUT2D eigenvalue weighted by molar-refractivity contribution is 7.89. The molecule has 3 rings (SSSR count). The topological polar surface area (TPSA) is 86.8 Å². The molecule has 0 spiro atoms. The number of carbonyl (C=O) groups excluding carboxylic acids is 2. The average Bonchev–Trinajstić information content (AvgIpc) is 2.78. The number of piperazine rings is 1. The second kappa shape index (κ2) is 10.7. The normalized spacial score (nSPS) is 17.2. The summed E-state index contributed by atoms with van der Waals surface area (Å²) in [7, 11) is -3.91. The molecule has 2 aromatic rings. The Bertz CT molecular complexity index is 1100. The van der Waals surface area contributed by atoms with Gasteiger partial charge in [0.1, 0.15) is 6.04 Å². The molecular weight excluding hydrogens is 462 g/mol. The number of hydrogen-bond donors (Lipinski definition) is 1. The molecule has 1 fully saturated rings. The fourth-order valence-electron chi connectivity index (χ4n) is 3.85. The number of rotatable bonds is 7. The van der Waals surface area contributed by atoms with Crippen molar-refractivity contribution >= 4 is 33.4 Å². The van der Waals surface area contributed by atoms with Crippen LogP contribution < -0.4 is 5.32 Å². The molecule has 1 aliphatic heterocycles. The van der Waals surface area contributed by atoms with Crippen LogP contribution in [0.15, 0.2) is 53.4 Å². The van der Waals surface area contributed by atoms with Crippen molar-refractivity contribution in [2.45, 2.75) is 44.0 Å². The lowest BCUT2D eigenvalue weighted by atomic mass is 10.0. The summed E-state index contributed by atoms with van der Waals surface area (Å²) in [5.41, 5.74) is 2.00. The van der Waals surface area contributed by atoms with E-state index in [-0.39, 0.29) is 36.4 Å². The van der Waals surface area contributed by atoms with Gasteiger partial charge in [-0.05, 0) is 47.7 Å². The van der Waals surface area contributed by atoms with Gasteiger partial charge in [0.05, 0.1) is 4.90 Å². The van der Waals surface area contributed by atoms with Gasteiger partial charge in [0, 0.05) is 38.1 Å². The number of hydrogen-bond acceptors (Lipinski definition) is 4. The number of nitrogens with one attached hydrogen (secondary N) is 1. The summed E-state index contributed by atoms with van der Waals surface area (Å²) >= 11 is 6.01. The Morgan fingerprint density at radius 1 is 1.12 bits per heavy atom. The van der Waals surface area contributed by atoms with Gasteiger partial charge in [0.2, 0.25) is 21.8 Å². The van der Waals surface area contributed by atoms with Crippen LogP contribution in [0.2, 0.25) is 5.02 Å². The zero-order chi connectivity index (χ0) is 24.2. The van der Waals surface area contributed by atoms with Crippen molar-refractivity contribution in [3.8, 4) is 0 Å². The first kappa shape index (κ1) is 25.2. The van der Waals surface area contributed by atoms with E-state index in [1.807, 2.05) is 32.0 Å². The summed E-state index contributed by atoms with van der Waals surface area (Å²) in [6.45, 7) is 6.13. The van der Waals surface area contributed by atoms with Gasteiger partial charge >= 0.3 is 0 Å². The van der Waals surface area contributed by atoms with Crippen molar-refractivity contribution in [1.82, 2.24) is 14.5 Å². The maximum Gasteiger partial charge on any atom is 0.243 e. The van der Waals surface area contributed by atoms with Crippen LogP contribution in [0, 0.1) is 0 Å². The van der Waals surface area contributed by atoms with E-state index >= 15 is 0 Å². The Hall–Kier alpha value is -2.42. The van der Waals surface area contributed by atoms with Crippen LogP contribution in [0.4, 0.5) is 0 Å². The number of sulfonamides is 1. The molecule has 7 nitrogen and oxygen atoms in total. The van der Waals surface area contributed by atoms with E-state index < -0.39 is 22.0 Å². The minimum absolute atomic E-state index is 0.0155. The summed E-state index contributed by atoms with van der Waals surface area (Å²) < 4.78 is 28.1. The number of carbonyl (C=O) groups is 2. The van der Waals surface area contributed by atoms with Crippen LogP contribution in [-0.2, 0) is 26.0 Å². The first-order chi connectivity index (χ1) is 15.6. The molecule has 0 aliphatic carbocycles. The summed E-state index contributed by atoms with van der Waals surface area (Å²) in [5, 5.41) is 3.45. The van der Waals surface area contributed by atoms with Crippen molar-refractivity contribution in [1.29, 1.82) is 0 Å². The standard InChI is InChI=1S/C24H30ClN3O4S/c1-17(2)20-7-9-22(10-8-20)33(31,32)28-14-13-27(18(3)29)16-23(28)24(30)26-12-11-19-5-4-6-21(25)15-19/h4-10,15,17,23H,11-14,16H2,1-3H3,(H,26,30)/t23-/m1/s1. The third-order valence-electron chi connectivity index (χ3n) is 5.83. The van der Waals surface area contributed by atoms with Crippen LogP contribution in [-0.4, -0.2) is 61.7 Å². The third kappa shape index (κ3) is 6.13. The summed E-state index contributed by atoms with van der Waals surface area (Å²) in [5.74, 6) is -0.339. The van der Waals surface area contributed by atoms with Crippen LogP contribution in [0.5, 0.6) is 0 Å². The van der Waals surface area contributed by atoms with E-state index in [1.54, 1.807) is 30.3 Å². The minimum Gasteiger partial charge on any atom is -0.354 e. The smallest absolute Gasteiger partial charge is 0.243 e. The molecule has 1 heterocycles. The molecule has 0 aromatic heterocycles. The molecule has 1 N–H and O–H groups in total. The lowest BCUT2D eigenvalue weighted by Gasteiger charge is -2.39. The monoisotopic (exact) mass is 491 g/mol. The lowest BCUT2D eigenvalue weighted by Crippen LogP contribution is -2.61. The van der Waals surface area contributed by atoms with E-state index in [9.17, 15) is 18.0 Å². The van der Waals surface area contributed by atoms with Crippen molar-refractivity contribution in [3.05, 3.63) is 64.7 Å². The lowest BCUT2D eigenvalue weighted by molar-refractivity contribution is -0.134. The highest BCUT2D eigenvalue weighted by atomic mass is 35.5. The number of amides is 2. The molecule has 0 saturated carbocycles. The first-order valence-corrected chi connectivity index (χ1v) is 12.8. The molecule has 0 unspecified atom stereocenters. The largest absolute Gasteiger partial charge is 0.354 e. The van der Waals surface area contributed by atoms with Gasteiger partial charge < -0.3 is 10.2 Å². The van der Waals surface area contributed by atoms with Gasteiger partial charge in [-0.2, -0.15) is 4.31 Å². The van der Waals surface area contributed by atoms with Gasteiger partial charge in [0.25, 0.3) is 0 Å². The van der Waals surface area contributed by atoms with Gasteiger partial charge in [-0.1, -0.05) is 49.7 Å². The predicted molar refractivity (Wildman–Crippen MR) is 129 cm³/mol. The van der Waals surface area contributed by atoms with Crippen molar-refractivity contribution in [2.24, 2.45) is 0 Å². The number of nitrogens with zero attached hydrogens (tertiary/aromatic N) is 2. The van der Waals surface area contributed by atoms with Crippen LogP contribution in [0.1, 0.15) is 37.8 Å². The van der Waals surface area contributed by atoms with E-state index in [1.165, 1.54) is 16.1 Å². The second-order valence-corrected chi connectivity index (χ2v) is 10.8. The third-order valence-corrected chi connectivity index (χ3v) is 7.99. The quantitative estimate of drug-likeness (QED) is 0.645. The first-order valence-electron chi connectivity index (χ1n) is 11.0. The molecule has 178 valence electrons. The second-order valence-electron chi connectivity index (χ2n) is 8.49. The molecule has 0 bridgehead atoms. The Morgan fingerprint density at radius 3 is 2.42 bits per heavy atom. The fraction of sp³-hybridized carbons (Fsp3) is 0.417. The molecular formula is C24H30ClN3O4S. The number of benzene rings is 2. The molecule has 1 saturated heterocycles. The fourth-order valence-corrected chi connectivity index (χ4v) is 5.64. The minimum atomic E-state index is -3.91. The molecule has 1 aliphatic rings. The van der Waals surface area contributed by atoms with Gasteiger partial charge in [-0.15, -0.1) is 0 Å². The van der Waals surface area contributed by atoms with E-state index in [4.69, 9.17) is 11.6 Å². The summed E-state index contributed by atoms with van der Waals surface area (Å²) in [6, 6.07) is 13.1. The Balaban J connectivity index is 1.78. The van der Waals surface area contributed by atoms with Gasteiger partial charge in [0.15, 0.2) is 0 Å². The maximum absolute atomic E-state index is 13.4. The summed E-state index contributed by atoms with van der Waals surface area (Å²) in [6.07, 6.45) is 0.554. The highest BCUT2D eigenvalue weighted by Gasteiger charge is 2.40. The Kier molecular flexibility index (Phi) is 8.15. The van der Waals surface area contributed by atoms with Crippen LogP contribution in [0.3, 0.4) is 0 Å². The van der Waals surface area contributed by atoms with E-state index in [2.05, 4.69) is 5.32 Å². The van der Waals surface area contributed by atoms with Crippen LogP contribution >= 0.6 is 11.6 Å². The highest BCUT2D eigenvalue weighted by Crippen LogP contribution is 2.24. The summed E-state index contributed by atoms with van der Waals surface area (Å²) in [4.78, 5) is 26.7. The van der Waals surface area contributed by atoms with Crippen molar-refractivity contribution in [2.75, 3.05) is 26.2 Å². The predicted octanol–water partition coefficient (Wildman–Crippen LogP) is 3.04. The van der Waals surface area contributed by atoms with Crippen molar-refractivity contribution < 1.29 is 18.0 Å². The Morgan fingerprint density at radius 2 is 1.82 bits per heavy atom.